The fourth-order valence-corrected chi connectivity index (χ4v) is 2.23. The molecule has 1 amide bonds. The van der Waals surface area contributed by atoms with Crippen LogP contribution >= 0.6 is 11.6 Å². The Balaban J connectivity index is 2.13. The van der Waals surface area contributed by atoms with Crippen LogP contribution in [0.4, 0.5) is 15.8 Å². The summed E-state index contributed by atoms with van der Waals surface area (Å²) in [6.45, 7) is 1.27. The number of ether oxygens (including phenoxy) is 2. The molecule has 0 bridgehead atoms. The highest BCUT2D eigenvalue weighted by molar-refractivity contribution is 6.30. The summed E-state index contributed by atoms with van der Waals surface area (Å²) in [5.74, 6) is -2.51. The van der Waals surface area contributed by atoms with E-state index >= 15 is 0 Å². The van der Waals surface area contributed by atoms with E-state index in [1.165, 1.54) is 32.2 Å². The van der Waals surface area contributed by atoms with Crippen LogP contribution in [-0.4, -0.2) is 30.0 Å². The molecule has 8 nitrogen and oxygen atoms in total. The van der Waals surface area contributed by atoms with Gasteiger partial charge >= 0.3 is 5.97 Å². The number of nitrogens with one attached hydrogen (secondary N) is 1. The average molecular weight is 397 g/mol. The molecule has 10 heteroatoms. The summed E-state index contributed by atoms with van der Waals surface area (Å²) >= 11 is 5.63. The quantitative estimate of drug-likeness (QED) is 0.454. The fraction of sp³-hybridized carbons (Fsp3) is 0.176. The van der Waals surface area contributed by atoms with Crippen LogP contribution in [0.1, 0.15) is 17.3 Å². The number of non-ortho nitro benzene ring substituents is 1. The molecule has 0 radical (unpaired) electrons. The number of carbonyl (C=O) groups excluding carboxylic acids is 2. The second kappa shape index (κ2) is 8.45. The predicted molar refractivity (Wildman–Crippen MR) is 94.6 cm³/mol. The lowest BCUT2D eigenvalue weighted by Gasteiger charge is -2.15. The zero-order valence-electron chi connectivity index (χ0n) is 14.2. The third kappa shape index (κ3) is 4.91. The number of anilines is 1. The first-order valence-corrected chi connectivity index (χ1v) is 7.90. The first-order valence-electron chi connectivity index (χ1n) is 7.52. The molecule has 1 N–H and O–H groups in total. The Hall–Kier alpha value is -3.20. The molecule has 2 aromatic rings. The maximum atomic E-state index is 13.7. The van der Waals surface area contributed by atoms with E-state index in [1.807, 2.05) is 0 Å². The molecule has 1 atom stereocenters. The van der Waals surface area contributed by atoms with Crippen molar-refractivity contribution in [3.63, 3.8) is 0 Å². The molecule has 0 spiro atoms. The minimum atomic E-state index is -1.31. The summed E-state index contributed by atoms with van der Waals surface area (Å²) in [6.07, 6.45) is -1.31. The average Bonchev–Trinajstić information content (AvgIpc) is 2.63. The van der Waals surface area contributed by atoms with E-state index in [2.05, 4.69) is 5.32 Å². The monoisotopic (exact) mass is 396 g/mol. The lowest BCUT2D eigenvalue weighted by Crippen LogP contribution is -2.30. The number of amides is 1. The number of methoxy groups -OCH3 is 1. The molecule has 2 aromatic carbocycles. The Morgan fingerprint density at radius 2 is 1.96 bits per heavy atom. The highest BCUT2D eigenvalue weighted by Gasteiger charge is 2.24. The second-order valence-electron chi connectivity index (χ2n) is 5.30. The van der Waals surface area contributed by atoms with Crippen molar-refractivity contribution in [1.82, 2.24) is 0 Å². The lowest BCUT2D eigenvalue weighted by molar-refractivity contribution is -0.384. The summed E-state index contributed by atoms with van der Waals surface area (Å²) in [4.78, 5) is 34.6. The van der Waals surface area contributed by atoms with Gasteiger partial charge in [0.15, 0.2) is 6.10 Å². The molecular weight excluding hydrogens is 383 g/mol. The minimum Gasteiger partial charge on any atom is -0.496 e. The summed E-state index contributed by atoms with van der Waals surface area (Å²) in [5, 5.41) is 13.3. The molecule has 0 fully saturated rings. The van der Waals surface area contributed by atoms with Crippen molar-refractivity contribution in [2.24, 2.45) is 0 Å². The number of nitro groups is 1. The molecule has 142 valence electrons. The molecule has 0 aliphatic rings. The van der Waals surface area contributed by atoms with Gasteiger partial charge in [0.05, 0.1) is 17.7 Å². The standard InChI is InChI=1S/C17H14ClFN2O6/c1-9(16(22)20-14-5-3-10(18)7-13(14)19)27-17(23)12-8-11(21(24)25)4-6-15(12)26-2/h3-9H,1-2H3,(H,20,22). The van der Waals surface area contributed by atoms with Gasteiger partial charge in [0.1, 0.15) is 17.1 Å². The summed E-state index contributed by atoms with van der Waals surface area (Å²) in [6, 6.07) is 7.03. The Labute approximate surface area is 158 Å². The molecule has 0 heterocycles. The number of hydrogen-bond acceptors (Lipinski definition) is 6. The molecule has 0 aliphatic heterocycles. The van der Waals surface area contributed by atoms with Gasteiger partial charge in [0, 0.05) is 17.2 Å². The fourth-order valence-electron chi connectivity index (χ4n) is 2.07. The number of nitrogens with zero attached hydrogens (tertiary/aromatic N) is 1. The minimum absolute atomic E-state index is 0.0435. The number of esters is 1. The number of nitro benzene ring substituents is 1. The largest absolute Gasteiger partial charge is 0.496 e. The Kier molecular flexibility index (Phi) is 6.30. The van der Waals surface area contributed by atoms with Gasteiger partial charge in [-0.2, -0.15) is 0 Å². The topological polar surface area (TPSA) is 108 Å². The molecule has 0 saturated carbocycles. The van der Waals surface area contributed by atoms with Gasteiger partial charge in [-0.25, -0.2) is 9.18 Å². The zero-order chi connectivity index (χ0) is 20.1. The number of benzene rings is 2. The summed E-state index contributed by atoms with van der Waals surface area (Å²) in [7, 11) is 1.28. The van der Waals surface area contributed by atoms with Gasteiger partial charge in [-0.3, -0.25) is 14.9 Å². The number of halogens is 2. The van der Waals surface area contributed by atoms with E-state index < -0.39 is 28.7 Å². The third-order valence-corrected chi connectivity index (χ3v) is 3.69. The van der Waals surface area contributed by atoms with E-state index in [0.717, 1.165) is 18.2 Å². The van der Waals surface area contributed by atoms with E-state index in [9.17, 15) is 24.1 Å². The van der Waals surface area contributed by atoms with Crippen LogP contribution in [-0.2, 0) is 9.53 Å². The maximum absolute atomic E-state index is 13.7. The SMILES string of the molecule is COc1ccc([N+](=O)[O-])cc1C(=O)OC(C)C(=O)Nc1ccc(Cl)cc1F. The van der Waals surface area contributed by atoms with Crippen molar-refractivity contribution in [3.8, 4) is 5.75 Å². The van der Waals surface area contributed by atoms with E-state index in [-0.39, 0.29) is 27.7 Å². The highest BCUT2D eigenvalue weighted by atomic mass is 35.5. The van der Waals surface area contributed by atoms with Gasteiger partial charge in [-0.05, 0) is 31.2 Å². The van der Waals surface area contributed by atoms with Crippen LogP contribution in [0.25, 0.3) is 0 Å². The third-order valence-electron chi connectivity index (χ3n) is 3.46. The van der Waals surface area contributed by atoms with Crippen LogP contribution in [0, 0.1) is 15.9 Å². The Morgan fingerprint density at radius 1 is 1.26 bits per heavy atom. The molecule has 0 saturated heterocycles. The van der Waals surface area contributed by atoms with Gasteiger partial charge in [-0.1, -0.05) is 11.6 Å². The van der Waals surface area contributed by atoms with Gasteiger partial charge < -0.3 is 14.8 Å². The number of rotatable bonds is 6. The van der Waals surface area contributed by atoms with Crippen LogP contribution in [0.3, 0.4) is 0 Å². The van der Waals surface area contributed by atoms with Gasteiger partial charge in [0.25, 0.3) is 11.6 Å². The molecule has 27 heavy (non-hydrogen) atoms. The van der Waals surface area contributed by atoms with Crippen molar-refractivity contribution in [1.29, 1.82) is 0 Å². The van der Waals surface area contributed by atoms with Crippen molar-refractivity contribution in [3.05, 3.63) is 62.9 Å². The molecular formula is C17H14ClFN2O6. The van der Waals surface area contributed by atoms with Crippen molar-refractivity contribution < 1.29 is 28.4 Å². The lowest BCUT2D eigenvalue weighted by atomic mass is 10.1. The van der Waals surface area contributed by atoms with Crippen LogP contribution in [0.15, 0.2) is 36.4 Å². The smallest absolute Gasteiger partial charge is 0.342 e. The van der Waals surface area contributed by atoms with E-state index in [1.54, 1.807) is 0 Å². The Bertz CT molecular complexity index is 905. The number of carbonyl (C=O) groups is 2. The van der Waals surface area contributed by atoms with Crippen molar-refractivity contribution in [2.75, 3.05) is 12.4 Å². The first-order chi connectivity index (χ1) is 12.7. The second-order valence-corrected chi connectivity index (χ2v) is 5.74. The predicted octanol–water partition coefficient (Wildman–Crippen LogP) is 3.58. The van der Waals surface area contributed by atoms with Crippen LogP contribution < -0.4 is 10.1 Å². The van der Waals surface area contributed by atoms with Crippen LogP contribution in [0.5, 0.6) is 5.75 Å². The number of hydrogen-bond donors (Lipinski definition) is 1. The zero-order valence-corrected chi connectivity index (χ0v) is 15.0. The van der Waals surface area contributed by atoms with Gasteiger partial charge in [0.2, 0.25) is 0 Å². The molecule has 0 aromatic heterocycles. The van der Waals surface area contributed by atoms with Gasteiger partial charge in [-0.15, -0.1) is 0 Å². The highest BCUT2D eigenvalue weighted by Crippen LogP contribution is 2.25. The molecule has 2 rings (SSSR count). The Morgan fingerprint density at radius 3 is 2.56 bits per heavy atom. The summed E-state index contributed by atoms with van der Waals surface area (Å²) < 4.78 is 23.7. The first kappa shape index (κ1) is 20.1. The van der Waals surface area contributed by atoms with Crippen LogP contribution in [0.2, 0.25) is 5.02 Å². The molecule has 1 unspecified atom stereocenters. The van der Waals surface area contributed by atoms with Crippen molar-refractivity contribution in [2.45, 2.75) is 13.0 Å². The normalized spacial score (nSPS) is 11.4. The summed E-state index contributed by atoms with van der Waals surface area (Å²) in [5.41, 5.74) is -0.702. The maximum Gasteiger partial charge on any atom is 0.342 e. The molecule has 0 aliphatic carbocycles. The van der Waals surface area contributed by atoms with E-state index in [4.69, 9.17) is 21.1 Å². The van der Waals surface area contributed by atoms with E-state index in [0.29, 0.717) is 0 Å². The van der Waals surface area contributed by atoms with Crippen molar-refractivity contribution >= 4 is 34.9 Å².